The van der Waals surface area contributed by atoms with Crippen molar-refractivity contribution in [1.82, 2.24) is 9.97 Å². The molecule has 0 aliphatic rings. The first kappa shape index (κ1) is 11.3. The van der Waals surface area contributed by atoms with Crippen LogP contribution in [0.1, 0.15) is 21.5 Å². The molecule has 0 saturated heterocycles. The molecule has 0 amide bonds. The summed E-state index contributed by atoms with van der Waals surface area (Å²) in [6.45, 7) is 3.99. The predicted octanol–water partition coefficient (Wildman–Crippen LogP) is 2.70. The summed E-state index contributed by atoms with van der Waals surface area (Å²) in [6.07, 6.45) is 3.56. The zero-order valence-corrected chi connectivity index (χ0v) is 9.68. The average Bonchev–Trinajstić information content (AvgIpc) is 2.36. The summed E-state index contributed by atoms with van der Waals surface area (Å²) in [7, 11) is 0. The monoisotopic (exact) mass is 228 g/mol. The van der Waals surface area contributed by atoms with Gasteiger partial charge in [-0.2, -0.15) is 0 Å². The summed E-state index contributed by atoms with van der Waals surface area (Å²) in [6, 6.07) is 6.03. The standard InChI is InChI=1S/C13H12N2O2/c1-9-4-3-5-12(10(9)2)17-13-14-6-11(8-16)7-15-13/h3-8H,1-2H3. The van der Waals surface area contributed by atoms with Gasteiger partial charge in [0.15, 0.2) is 6.29 Å². The van der Waals surface area contributed by atoms with Crippen LogP contribution in [0.3, 0.4) is 0 Å². The number of aromatic nitrogens is 2. The van der Waals surface area contributed by atoms with E-state index in [-0.39, 0.29) is 6.01 Å². The number of ether oxygens (including phenoxy) is 1. The van der Waals surface area contributed by atoms with Crippen LogP contribution in [0.4, 0.5) is 0 Å². The zero-order valence-electron chi connectivity index (χ0n) is 9.68. The Morgan fingerprint density at radius 3 is 2.53 bits per heavy atom. The Kier molecular flexibility index (Phi) is 3.14. The number of nitrogens with zero attached hydrogens (tertiary/aromatic N) is 2. The summed E-state index contributed by atoms with van der Waals surface area (Å²) in [5.74, 6) is 0.726. The number of hydrogen-bond acceptors (Lipinski definition) is 4. The predicted molar refractivity (Wildman–Crippen MR) is 63.4 cm³/mol. The van der Waals surface area contributed by atoms with Gasteiger partial charge in [0.2, 0.25) is 0 Å². The SMILES string of the molecule is Cc1cccc(Oc2ncc(C=O)cn2)c1C. The molecule has 1 aromatic heterocycles. The van der Waals surface area contributed by atoms with E-state index in [1.807, 2.05) is 32.0 Å². The van der Waals surface area contributed by atoms with Crippen molar-refractivity contribution in [2.45, 2.75) is 13.8 Å². The van der Waals surface area contributed by atoms with E-state index in [1.165, 1.54) is 12.4 Å². The normalized spacial score (nSPS) is 10.0. The van der Waals surface area contributed by atoms with Crippen LogP contribution in [0.5, 0.6) is 11.8 Å². The molecule has 1 heterocycles. The first-order valence-corrected chi connectivity index (χ1v) is 5.22. The van der Waals surface area contributed by atoms with Crippen molar-refractivity contribution >= 4 is 6.29 Å². The highest BCUT2D eigenvalue weighted by atomic mass is 16.5. The Morgan fingerprint density at radius 2 is 1.88 bits per heavy atom. The smallest absolute Gasteiger partial charge is 0.321 e. The lowest BCUT2D eigenvalue weighted by atomic mass is 10.1. The minimum atomic E-state index is 0.240. The van der Waals surface area contributed by atoms with Gasteiger partial charge in [0.25, 0.3) is 0 Å². The summed E-state index contributed by atoms with van der Waals surface area (Å²) in [5, 5.41) is 0. The minimum Gasteiger partial charge on any atom is -0.424 e. The zero-order chi connectivity index (χ0) is 12.3. The van der Waals surface area contributed by atoms with Gasteiger partial charge in [-0.15, -0.1) is 0 Å². The van der Waals surface area contributed by atoms with E-state index < -0.39 is 0 Å². The second-order valence-corrected chi connectivity index (χ2v) is 3.72. The third-order valence-electron chi connectivity index (χ3n) is 2.54. The second-order valence-electron chi connectivity index (χ2n) is 3.72. The topological polar surface area (TPSA) is 52.1 Å². The van der Waals surface area contributed by atoms with Crippen molar-refractivity contribution in [2.24, 2.45) is 0 Å². The van der Waals surface area contributed by atoms with E-state index in [0.29, 0.717) is 11.8 Å². The molecule has 0 N–H and O–H groups in total. The summed E-state index contributed by atoms with van der Waals surface area (Å²) in [4.78, 5) is 18.4. The Morgan fingerprint density at radius 1 is 1.18 bits per heavy atom. The maximum Gasteiger partial charge on any atom is 0.321 e. The number of rotatable bonds is 3. The quantitative estimate of drug-likeness (QED) is 0.758. The lowest BCUT2D eigenvalue weighted by Crippen LogP contribution is -1.95. The Hall–Kier alpha value is -2.23. The Bertz CT molecular complexity index is 536. The molecule has 2 rings (SSSR count). The third-order valence-corrected chi connectivity index (χ3v) is 2.54. The van der Waals surface area contributed by atoms with E-state index >= 15 is 0 Å². The van der Waals surface area contributed by atoms with E-state index in [9.17, 15) is 4.79 Å². The molecule has 0 radical (unpaired) electrons. The van der Waals surface area contributed by atoms with Crippen LogP contribution in [0.15, 0.2) is 30.6 Å². The molecule has 86 valence electrons. The van der Waals surface area contributed by atoms with Gasteiger partial charge in [-0.3, -0.25) is 4.79 Å². The lowest BCUT2D eigenvalue weighted by molar-refractivity contribution is 0.112. The van der Waals surface area contributed by atoms with Gasteiger partial charge in [-0.1, -0.05) is 12.1 Å². The molecule has 0 unspecified atom stereocenters. The molecule has 17 heavy (non-hydrogen) atoms. The maximum atomic E-state index is 10.5. The van der Waals surface area contributed by atoms with Gasteiger partial charge in [0.1, 0.15) is 5.75 Å². The van der Waals surface area contributed by atoms with Crippen molar-refractivity contribution in [3.05, 3.63) is 47.3 Å². The average molecular weight is 228 g/mol. The molecular formula is C13H12N2O2. The molecule has 0 aliphatic heterocycles. The molecular weight excluding hydrogens is 216 g/mol. The van der Waals surface area contributed by atoms with Gasteiger partial charge < -0.3 is 4.74 Å². The van der Waals surface area contributed by atoms with Gasteiger partial charge in [0.05, 0.1) is 5.56 Å². The second kappa shape index (κ2) is 4.74. The van der Waals surface area contributed by atoms with E-state index in [2.05, 4.69) is 9.97 Å². The van der Waals surface area contributed by atoms with Crippen molar-refractivity contribution in [2.75, 3.05) is 0 Å². The Balaban J connectivity index is 2.25. The molecule has 0 aliphatic carbocycles. The molecule has 1 aromatic carbocycles. The highest BCUT2D eigenvalue weighted by Gasteiger charge is 2.05. The summed E-state index contributed by atoms with van der Waals surface area (Å²) in [5.41, 5.74) is 2.63. The highest BCUT2D eigenvalue weighted by molar-refractivity contribution is 5.73. The number of carbonyl (C=O) groups excluding carboxylic acids is 1. The molecule has 0 saturated carbocycles. The molecule has 2 aromatic rings. The fraction of sp³-hybridized carbons (Fsp3) is 0.154. The number of aldehydes is 1. The van der Waals surface area contributed by atoms with Crippen LogP contribution in [-0.2, 0) is 0 Å². The molecule has 0 atom stereocenters. The van der Waals surface area contributed by atoms with Crippen LogP contribution in [0.2, 0.25) is 0 Å². The van der Waals surface area contributed by atoms with Gasteiger partial charge >= 0.3 is 6.01 Å². The van der Waals surface area contributed by atoms with Crippen molar-refractivity contribution < 1.29 is 9.53 Å². The van der Waals surface area contributed by atoms with Crippen LogP contribution >= 0.6 is 0 Å². The fourth-order valence-corrected chi connectivity index (χ4v) is 1.37. The van der Waals surface area contributed by atoms with E-state index in [0.717, 1.165) is 16.9 Å². The van der Waals surface area contributed by atoms with Gasteiger partial charge in [-0.05, 0) is 31.0 Å². The lowest BCUT2D eigenvalue weighted by Gasteiger charge is -2.08. The molecule has 0 spiro atoms. The molecule has 4 nitrogen and oxygen atoms in total. The van der Waals surface area contributed by atoms with Crippen LogP contribution < -0.4 is 4.74 Å². The largest absolute Gasteiger partial charge is 0.424 e. The van der Waals surface area contributed by atoms with Crippen molar-refractivity contribution in [3.8, 4) is 11.8 Å². The van der Waals surface area contributed by atoms with E-state index in [1.54, 1.807) is 0 Å². The van der Waals surface area contributed by atoms with Crippen LogP contribution in [0, 0.1) is 13.8 Å². The number of benzene rings is 1. The third kappa shape index (κ3) is 2.47. The van der Waals surface area contributed by atoms with Crippen molar-refractivity contribution in [1.29, 1.82) is 0 Å². The number of hydrogen-bond donors (Lipinski definition) is 0. The minimum absolute atomic E-state index is 0.240. The van der Waals surface area contributed by atoms with Crippen LogP contribution in [-0.4, -0.2) is 16.3 Å². The Labute approximate surface area is 99.3 Å². The summed E-state index contributed by atoms with van der Waals surface area (Å²) < 4.78 is 5.55. The van der Waals surface area contributed by atoms with Gasteiger partial charge in [0, 0.05) is 12.4 Å². The maximum absolute atomic E-state index is 10.5. The fourth-order valence-electron chi connectivity index (χ4n) is 1.37. The van der Waals surface area contributed by atoms with Crippen LogP contribution in [0.25, 0.3) is 0 Å². The molecule has 4 heteroatoms. The molecule has 0 bridgehead atoms. The molecule has 0 fully saturated rings. The number of carbonyl (C=O) groups is 1. The first-order chi connectivity index (χ1) is 8.20. The highest BCUT2D eigenvalue weighted by Crippen LogP contribution is 2.24. The van der Waals surface area contributed by atoms with E-state index in [4.69, 9.17) is 4.74 Å². The van der Waals surface area contributed by atoms with Gasteiger partial charge in [-0.25, -0.2) is 9.97 Å². The first-order valence-electron chi connectivity index (χ1n) is 5.22. The van der Waals surface area contributed by atoms with Crippen molar-refractivity contribution in [3.63, 3.8) is 0 Å². The summed E-state index contributed by atoms with van der Waals surface area (Å²) >= 11 is 0. The number of aryl methyl sites for hydroxylation is 1.